The normalized spacial score (nSPS) is 12.0. The SMILES string of the molecule is CC(C)(C)NC(=O)c1ccc(NS(=O)(=O)c2ccc(Cl)s2)cc1. The Balaban J connectivity index is 2.13. The van der Waals surface area contributed by atoms with Gasteiger partial charge in [0.15, 0.2) is 0 Å². The van der Waals surface area contributed by atoms with E-state index in [1.54, 1.807) is 24.3 Å². The lowest BCUT2D eigenvalue weighted by atomic mass is 10.1. The van der Waals surface area contributed by atoms with Crippen molar-refractivity contribution in [2.24, 2.45) is 0 Å². The highest BCUT2D eigenvalue weighted by atomic mass is 35.5. The van der Waals surface area contributed by atoms with E-state index >= 15 is 0 Å². The smallest absolute Gasteiger partial charge is 0.271 e. The van der Waals surface area contributed by atoms with E-state index < -0.39 is 10.0 Å². The maximum atomic E-state index is 12.2. The summed E-state index contributed by atoms with van der Waals surface area (Å²) in [6.07, 6.45) is 0. The van der Waals surface area contributed by atoms with Crippen LogP contribution in [0.3, 0.4) is 0 Å². The first-order valence-electron chi connectivity index (χ1n) is 6.77. The Labute approximate surface area is 144 Å². The van der Waals surface area contributed by atoms with Gasteiger partial charge >= 0.3 is 0 Å². The van der Waals surface area contributed by atoms with Gasteiger partial charge in [-0.3, -0.25) is 9.52 Å². The Kier molecular flexibility index (Phi) is 5.03. The van der Waals surface area contributed by atoms with Crippen molar-refractivity contribution < 1.29 is 13.2 Å². The molecule has 23 heavy (non-hydrogen) atoms. The van der Waals surface area contributed by atoms with Crippen molar-refractivity contribution in [3.63, 3.8) is 0 Å². The molecule has 124 valence electrons. The van der Waals surface area contributed by atoms with E-state index in [1.165, 1.54) is 12.1 Å². The van der Waals surface area contributed by atoms with Gasteiger partial charge in [0.1, 0.15) is 4.21 Å². The third kappa shape index (κ3) is 4.95. The summed E-state index contributed by atoms with van der Waals surface area (Å²) in [6.45, 7) is 5.67. The summed E-state index contributed by atoms with van der Waals surface area (Å²) in [6, 6.07) is 9.20. The number of anilines is 1. The summed E-state index contributed by atoms with van der Waals surface area (Å²) in [4.78, 5) is 12.0. The number of thiophene rings is 1. The molecule has 0 bridgehead atoms. The van der Waals surface area contributed by atoms with Gasteiger partial charge in [-0.05, 0) is 57.2 Å². The van der Waals surface area contributed by atoms with Crippen LogP contribution in [0.5, 0.6) is 0 Å². The minimum Gasteiger partial charge on any atom is -0.347 e. The molecule has 0 fully saturated rings. The lowest BCUT2D eigenvalue weighted by Gasteiger charge is -2.20. The molecule has 2 rings (SSSR count). The van der Waals surface area contributed by atoms with Crippen LogP contribution < -0.4 is 10.0 Å². The molecule has 0 aliphatic rings. The molecule has 1 aromatic carbocycles. The molecule has 0 saturated carbocycles. The van der Waals surface area contributed by atoms with Crippen LogP contribution in [0, 0.1) is 0 Å². The molecule has 1 heterocycles. The maximum Gasteiger partial charge on any atom is 0.271 e. The number of nitrogens with one attached hydrogen (secondary N) is 2. The van der Waals surface area contributed by atoms with Gasteiger partial charge < -0.3 is 5.32 Å². The Hall–Kier alpha value is -1.57. The molecule has 1 aromatic heterocycles. The van der Waals surface area contributed by atoms with Crippen LogP contribution in [0.1, 0.15) is 31.1 Å². The van der Waals surface area contributed by atoms with Gasteiger partial charge in [-0.25, -0.2) is 8.42 Å². The fraction of sp³-hybridized carbons (Fsp3) is 0.267. The first-order valence-corrected chi connectivity index (χ1v) is 9.45. The van der Waals surface area contributed by atoms with Crippen LogP contribution in [0.4, 0.5) is 5.69 Å². The van der Waals surface area contributed by atoms with Crippen molar-refractivity contribution in [3.8, 4) is 0 Å². The number of sulfonamides is 1. The van der Waals surface area contributed by atoms with E-state index in [4.69, 9.17) is 11.6 Å². The van der Waals surface area contributed by atoms with E-state index in [1.807, 2.05) is 20.8 Å². The number of carbonyl (C=O) groups is 1. The van der Waals surface area contributed by atoms with Crippen molar-refractivity contribution in [1.82, 2.24) is 5.32 Å². The van der Waals surface area contributed by atoms with E-state index in [-0.39, 0.29) is 15.7 Å². The molecule has 0 radical (unpaired) electrons. The number of amides is 1. The van der Waals surface area contributed by atoms with Crippen LogP contribution in [0.2, 0.25) is 4.34 Å². The van der Waals surface area contributed by atoms with Crippen LogP contribution in [-0.4, -0.2) is 19.9 Å². The molecule has 0 aliphatic heterocycles. The van der Waals surface area contributed by atoms with E-state index in [0.29, 0.717) is 15.6 Å². The minimum atomic E-state index is -3.67. The molecule has 0 saturated heterocycles. The number of rotatable bonds is 4. The summed E-state index contributed by atoms with van der Waals surface area (Å²) < 4.78 is 27.4. The first kappa shape index (κ1) is 17.8. The quantitative estimate of drug-likeness (QED) is 0.858. The molecule has 2 aromatic rings. The molecule has 8 heteroatoms. The van der Waals surface area contributed by atoms with Gasteiger partial charge in [-0.2, -0.15) is 0 Å². The van der Waals surface area contributed by atoms with Gasteiger partial charge in [0.05, 0.1) is 4.34 Å². The van der Waals surface area contributed by atoms with Crippen molar-refractivity contribution in [1.29, 1.82) is 0 Å². The molecular weight excluding hydrogens is 356 g/mol. The van der Waals surface area contributed by atoms with Crippen molar-refractivity contribution in [3.05, 3.63) is 46.3 Å². The average Bonchev–Trinajstić information content (AvgIpc) is 2.84. The Bertz CT molecular complexity index is 806. The highest BCUT2D eigenvalue weighted by Crippen LogP contribution is 2.27. The maximum absolute atomic E-state index is 12.2. The van der Waals surface area contributed by atoms with Gasteiger partial charge in [-0.15, -0.1) is 11.3 Å². The Morgan fingerprint density at radius 2 is 1.70 bits per heavy atom. The fourth-order valence-corrected chi connectivity index (χ4v) is 4.29. The topological polar surface area (TPSA) is 75.3 Å². The van der Waals surface area contributed by atoms with Crippen molar-refractivity contribution >= 4 is 44.6 Å². The monoisotopic (exact) mass is 372 g/mol. The summed E-state index contributed by atoms with van der Waals surface area (Å²) in [5, 5.41) is 2.84. The molecular formula is C15H17ClN2O3S2. The summed E-state index contributed by atoms with van der Waals surface area (Å²) in [5.41, 5.74) is 0.499. The van der Waals surface area contributed by atoms with Gasteiger partial charge in [0.25, 0.3) is 15.9 Å². The number of benzene rings is 1. The van der Waals surface area contributed by atoms with E-state index in [9.17, 15) is 13.2 Å². The van der Waals surface area contributed by atoms with E-state index in [2.05, 4.69) is 10.0 Å². The van der Waals surface area contributed by atoms with Gasteiger partial charge in [0, 0.05) is 16.8 Å². The molecule has 5 nitrogen and oxygen atoms in total. The third-order valence-electron chi connectivity index (χ3n) is 2.70. The standard InChI is InChI=1S/C15H17ClN2O3S2/c1-15(2,3)17-14(19)10-4-6-11(7-5-10)18-23(20,21)13-9-8-12(16)22-13/h4-9,18H,1-3H3,(H,17,19). The Morgan fingerprint density at radius 1 is 1.09 bits per heavy atom. The molecule has 0 unspecified atom stereocenters. The van der Waals surface area contributed by atoms with Crippen molar-refractivity contribution in [2.75, 3.05) is 4.72 Å². The first-order chi connectivity index (χ1) is 10.6. The van der Waals surface area contributed by atoms with Crippen LogP contribution in [0.25, 0.3) is 0 Å². The zero-order chi connectivity index (χ0) is 17.3. The highest BCUT2D eigenvalue weighted by molar-refractivity contribution is 7.94. The number of carbonyl (C=O) groups excluding carboxylic acids is 1. The molecule has 2 N–H and O–H groups in total. The lowest BCUT2D eigenvalue weighted by Crippen LogP contribution is -2.40. The predicted molar refractivity (Wildman–Crippen MR) is 93.8 cm³/mol. The fourth-order valence-electron chi connectivity index (χ4n) is 1.75. The van der Waals surface area contributed by atoms with Gasteiger partial charge in [-0.1, -0.05) is 11.6 Å². The average molecular weight is 373 g/mol. The largest absolute Gasteiger partial charge is 0.347 e. The molecule has 0 spiro atoms. The number of halogens is 1. The summed E-state index contributed by atoms with van der Waals surface area (Å²) in [5.74, 6) is -0.211. The van der Waals surface area contributed by atoms with Crippen LogP contribution in [0.15, 0.2) is 40.6 Å². The van der Waals surface area contributed by atoms with Gasteiger partial charge in [0.2, 0.25) is 0 Å². The Morgan fingerprint density at radius 3 is 2.17 bits per heavy atom. The summed E-state index contributed by atoms with van der Waals surface area (Å²) >= 11 is 6.74. The number of hydrogen-bond donors (Lipinski definition) is 2. The zero-order valence-electron chi connectivity index (χ0n) is 12.9. The number of hydrogen-bond acceptors (Lipinski definition) is 4. The minimum absolute atomic E-state index is 0.136. The molecule has 0 atom stereocenters. The van der Waals surface area contributed by atoms with E-state index in [0.717, 1.165) is 11.3 Å². The molecule has 0 aliphatic carbocycles. The highest BCUT2D eigenvalue weighted by Gasteiger charge is 2.18. The second kappa shape index (κ2) is 6.51. The van der Waals surface area contributed by atoms with Crippen LogP contribution in [-0.2, 0) is 10.0 Å². The second-order valence-corrected chi connectivity index (χ2v) is 9.57. The third-order valence-corrected chi connectivity index (χ3v) is 5.81. The predicted octanol–water partition coefficient (Wildman–Crippen LogP) is 3.73. The molecule has 1 amide bonds. The lowest BCUT2D eigenvalue weighted by molar-refractivity contribution is 0.0919. The zero-order valence-corrected chi connectivity index (χ0v) is 15.3. The summed E-state index contributed by atoms with van der Waals surface area (Å²) in [7, 11) is -3.67. The second-order valence-electron chi connectivity index (χ2n) is 5.95. The van der Waals surface area contributed by atoms with Crippen molar-refractivity contribution in [2.45, 2.75) is 30.5 Å². The van der Waals surface area contributed by atoms with Crippen LogP contribution >= 0.6 is 22.9 Å².